The van der Waals surface area contributed by atoms with Crippen LogP contribution in [0.2, 0.25) is 0 Å². The molecule has 0 saturated carbocycles. The van der Waals surface area contributed by atoms with Crippen LogP contribution in [0.5, 0.6) is 0 Å². The molecule has 27 heavy (non-hydrogen) atoms. The number of amides is 2. The molecule has 5 nitrogen and oxygen atoms in total. The number of hydrogen-bond acceptors (Lipinski definition) is 3. The largest absolute Gasteiger partial charge is 0.444 e. The summed E-state index contributed by atoms with van der Waals surface area (Å²) in [5.74, 6) is 0.0103. The Morgan fingerprint density at radius 3 is 2.37 bits per heavy atom. The van der Waals surface area contributed by atoms with Gasteiger partial charge in [-0.2, -0.15) is 0 Å². The van der Waals surface area contributed by atoms with Crippen molar-refractivity contribution in [3.63, 3.8) is 0 Å². The van der Waals surface area contributed by atoms with Crippen LogP contribution >= 0.6 is 0 Å². The van der Waals surface area contributed by atoms with Gasteiger partial charge in [0.1, 0.15) is 11.6 Å². The molecule has 2 rings (SSSR count). The summed E-state index contributed by atoms with van der Waals surface area (Å²) in [6, 6.07) is 7.86. The van der Waals surface area contributed by atoms with Gasteiger partial charge in [0, 0.05) is 19.1 Å². The third kappa shape index (κ3) is 5.98. The molecule has 0 radical (unpaired) electrons. The van der Waals surface area contributed by atoms with Gasteiger partial charge in [0.15, 0.2) is 0 Å². The Morgan fingerprint density at radius 1 is 1.19 bits per heavy atom. The van der Waals surface area contributed by atoms with Crippen LogP contribution in [0.15, 0.2) is 24.3 Å². The van der Waals surface area contributed by atoms with E-state index in [0.29, 0.717) is 19.5 Å². The van der Waals surface area contributed by atoms with Crippen LogP contribution in [0.25, 0.3) is 0 Å². The summed E-state index contributed by atoms with van der Waals surface area (Å²) in [6.07, 6.45) is 2.16. The zero-order chi connectivity index (χ0) is 20.2. The van der Waals surface area contributed by atoms with Crippen LogP contribution in [0.1, 0.15) is 65.0 Å². The van der Waals surface area contributed by atoms with Crippen molar-refractivity contribution in [3.05, 3.63) is 35.4 Å². The zero-order valence-corrected chi connectivity index (χ0v) is 17.6. The Hall–Kier alpha value is -2.04. The quantitative estimate of drug-likeness (QED) is 0.778. The fraction of sp³-hybridized carbons (Fsp3) is 0.636. The van der Waals surface area contributed by atoms with E-state index in [1.807, 2.05) is 39.5 Å². The average Bonchev–Trinajstić information content (AvgIpc) is 2.59. The molecule has 150 valence electrons. The number of carbonyl (C=O) groups excluding carboxylic acids is 2. The number of aryl methyl sites for hydroxylation is 1. The second-order valence-electron chi connectivity index (χ2n) is 8.73. The molecule has 1 saturated heterocycles. The average molecular weight is 375 g/mol. The second-order valence-corrected chi connectivity index (χ2v) is 8.73. The first-order valence-corrected chi connectivity index (χ1v) is 9.94. The van der Waals surface area contributed by atoms with Crippen LogP contribution in [0, 0.1) is 6.92 Å². The first-order chi connectivity index (χ1) is 12.6. The van der Waals surface area contributed by atoms with Crippen molar-refractivity contribution in [1.82, 2.24) is 9.80 Å². The van der Waals surface area contributed by atoms with Crippen LogP contribution < -0.4 is 0 Å². The minimum absolute atomic E-state index is 0.0103. The Balaban J connectivity index is 2.18. The van der Waals surface area contributed by atoms with Crippen molar-refractivity contribution in [2.75, 3.05) is 6.54 Å². The van der Waals surface area contributed by atoms with E-state index in [4.69, 9.17) is 4.74 Å². The third-order valence-electron chi connectivity index (χ3n) is 4.80. The maximum absolute atomic E-state index is 13.4. The predicted molar refractivity (Wildman–Crippen MR) is 107 cm³/mol. The molecule has 0 aliphatic carbocycles. The van der Waals surface area contributed by atoms with Crippen LogP contribution in [-0.4, -0.2) is 46.0 Å². The standard InChI is InChI=1S/C22H34N2O3/c1-16(2)24(15-18-12-10-17(3)11-13-18)20(25)19-9-7-8-14-23(19)21(26)27-22(4,5)6/h10-13,16,19H,7-9,14-15H2,1-6H3/t19-/m0/s1. The lowest BCUT2D eigenvalue weighted by Gasteiger charge is -2.39. The van der Waals surface area contributed by atoms with Gasteiger partial charge in [-0.05, 0) is 66.4 Å². The van der Waals surface area contributed by atoms with Crippen molar-refractivity contribution < 1.29 is 14.3 Å². The van der Waals surface area contributed by atoms with E-state index in [0.717, 1.165) is 18.4 Å². The van der Waals surface area contributed by atoms with Crippen molar-refractivity contribution in [2.24, 2.45) is 0 Å². The Labute approximate surface area is 163 Å². The summed E-state index contributed by atoms with van der Waals surface area (Å²) in [5, 5.41) is 0. The smallest absolute Gasteiger partial charge is 0.410 e. The molecule has 2 amide bonds. The van der Waals surface area contributed by atoms with Crippen LogP contribution in [-0.2, 0) is 16.1 Å². The lowest BCUT2D eigenvalue weighted by Crippen LogP contribution is -2.55. The maximum atomic E-state index is 13.4. The highest BCUT2D eigenvalue weighted by atomic mass is 16.6. The van der Waals surface area contributed by atoms with Gasteiger partial charge < -0.3 is 9.64 Å². The Kier molecular flexibility index (Phi) is 6.90. The third-order valence-corrected chi connectivity index (χ3v) is 4.80. The van der Waals surface area contributed by atoms with E-state index in [1.165, 1.54) is 5.56 Å². The number of benzene rings is 1. The Bertz CT molecular complexity index is 647. The first kappa shape index (κ1) is 21.3. The van der Waals surface area contributed by atoms with E-state index in [1.54, 1.807) is 4.90 Å². The molecule has 0 spiro atoms. The molecule has 5 heteroatoms. The van der Waals surface area contributed by atoms with E-state index < -0.39 is 11.6 Å². The van der Waals surface area contributed by atoms with E-state index in [-0.39, 0.29) is 18.0 Å². The number of hydrogen-bond donors (Lipinski definition) is 0. The molecule has 1 heterocycles. The molecular formula is C22H34N2O3. The molecule has 1 aliphatic rings. The highest BCUT2D eigenvalue weighted by molar-refractivity contribution is 5.86. The lowest BCUT2D eigenvalue weighted by molar-refractivity contribution is -0.140. The highest BCUT2D eigenvalue weighted by Crippen LogP contribution is 2.23. The second kappa shape index (κ2) is 8.77. The van der Waals surface area contributed by atoms with E-state index in [2.05, 4.69) is 31.2 Å². The van der Waals surface area contributed by atoms with Crippen molar-refractivity contribution in [1.29, 1.82) is 0 Å². The molecule has 0 N–H and O–H groups in total. The number of piperidine rings is 1. The SMILES string of the molecule is Cc1ccc(CN(C(=O)[C@@H]2CCCCN2C(=O)OC(C)(C)C)C(C)C)cc1. The summed E-state index contributed by atoms with van der Waals surface area (Å²) in [5.41, 5.74) is 1.73. The molecule has 0 bridgehead atoms. The van der Waals surface area contributed by atoms with E-state index >= 15 is 0 Å². The zero-order valence-electron chi connectivity index (χ0n) is 17.6. The van der Waals surface area contributed by atoms with Gasteiger partial charge in [0.2, 0.25) is 5.91 Å². The van der Waals surface area contributed by atoms with Gasteiger partial charge in [-0.3, -0.25) is 9.69 Å². The number of nitrogens with zero attached hydrogens (tertiary/aromatic N) is 2. The van der Waals surface area contributed by atoms with Crippen LogP contribution in [0.3, 0.4) is 0 Å². The lowest BCUT2D eigenvalue weighted by atomic mass is 10.00. The van der Waals surface area contributed by atoms with Gasteiger partial charge in [0.25, 0.3) is 0 Å². The number of carbonyl (C=O) groups is 2. The minimum Gasteiger partial charge on any atom is -0.444 e. The topological polar surface area (TPSA) is 49.9 Å². The van der Waals surface area contributed by atoms with Crippen molar-refractivity contribution in [3.8, 4) is 0 Å². The fourth-order valence-corrected chi connectivity index (χ4v) is 3.32. The van der Waals surface area contributed by atoms with Crippen LogP contribution in [0.4, 0.5) is 4.79 Å². The molecule has 0 aromatic heterocycles. The summed E-state index contributed by atoms with van der Waals surface area (Å²) in [6.45, 7) is 12.8. The van der Waals surface area contributed by atoms with Gasteiger partial charge in [-0.1, -0.05) is 29.8 Å². The van der Waals surface area contributed by atoms with Gasteiger partial charge in [0.05, 0.1) is 0 Å². The normalized spacial score (nSPS) is 17.7. The molecule has 0 unspecified atom stereocenters. The molecule has 1 aromatic rings. The Morgan fingerprint density at radius 2 is 1.81 bits per heavy atom. The van der Waals surface area contributed by atoms with Gasteiger partial charge >= 0.3 is 6.09 Å². The fourth-order valence-electron chi connectivity index (χ4n) is 3.32. The molecule has 1 fully saturated rings. The van der Waals surface area contributed by atoms with E-state index in [9.17, 15) is 9.59 Å². The predicted octanol–water partition coefficient (Wildman–Crippen LogP) is 4.52. The van der Waals surface area contributed by atoms with Crippen molar-refractivity contribution >= 4 is 12.0 Å². The van der Waals surface area contributed by atoms with Gasteiger partial charge in [-0.25, -0.2) is 4.79 Å². The summed E-state index contributed by atoms with van der Waals surface area (Å²) >= 11 is 0. The molecule has 1 atom stereocenters. The number of likely N-dealkylation sites (tertiary alicyclic amines) is 1. The summed E-state index contributed by atoms with van der Waals surface area (Å²) in [7, 11) is 0. The molecule has 1 aliphatic heterocycles. The minimum atomic E-state index is -0.568. The maximum Gasteiger partial charge on any atom is 0.410 e. The molecule has 1 aromatic carbocycles. The van der Waals surface area contributed by atoms with Crippen molar-refractivity contribution in [2.45, 2.75) is 85.0 Å². The first-order valence-electron chi connectivity index (χ1n) is 9.94. The van der Waals surface area contributed by atoms with Gasteiger partial charge in [-0.15, -0.1) is 0 Å². The highest BCUT2D eigenvalue weighted by Gasteiger charge is 2.37. The molecular weight excluding hydrogens is 340 g/mol. The number of rotatable bonds is 4. The number of ether oxygens (including phenoxy) is 1. The summed E-state index contributed by atoms with van der Waals surface area (Å²) in [4.78, 5) is 29.5. The summed E-state index contributed by atoms with van der Waals surface area (Å²) < 4.78 is 5.55. The monoisotopic (exact) mass is 374 g/mol.